The first-order valence-corrected chi connectivity index (χ1v) is 4.76. The van der Waals surface area contributed by atoms with Gasteiger partial charge in [-0.15, -0.1) is 0 Å². The van der Waals surface area contributed by atoms with Crippen LogP contribution in [0.15, 0.2) is 18.2 Å². The van der Waals surface area contributed by atoms with Gasteiger partial charge in [-0.2, -0.15) is 5.10 Å². The van der Waals surface area contributed by atoms with E-state index in [2.05, 4.69) is 10.2 Å². The van der Waals surface area contributed by atoms with E-state index in [0.29, 0.717) is 11.4 Å². The van der Waals surface area contributed by atoms with Gasteiger partial charge < -0.3 is 5.84 Å². The van der Waals surface area contributed by atoms with Gasteiger partial charge >= 0.3 is 0 Å². The summed E-state index contributed by atoms with van der Waals surface area (Å²) in [6.07, 6.45) is 0. The fourth-order valence-corrected chi connectivity index (χ4v) is 1.51. The van der Waals surface area contributed by atoms with Crippen molar-refractivity contribution in [3.63, 3.8) is 0 Å². The molecule has 0 amide bonds. The van der Waals surface area contributed by atoms with Crippen molar-refractivity contribution < 1.29 is 4.39 Å². The van der Waals surface area contributed by atoms with Gasteiger partial charge in [0.2, 0.25) is 4.77 Å². The zero-order valence-corrected chi connectivity index (χ0v) is 8.94. The molecule has 0 aliphatic heterocycles. The molecule has 2 aromatic rings. The zero-order chi connectivity index (χ0) is 11.0. The Hall–Kier alpha value is -1.40. The molecule has 0 saturated heterocycles. The molecule has 4 nitrogen and oxygen atoms in total. The summed E-state index contributed by atoms with van der Waals surface area (Å²) in [4.78, 5) is 0. The van der Waals surface area contributed by atoms with E-state index in [0.717, 1.165) is 4.68 Å². The second-order valence-electron chi connectivity index (χ2n) is 2.82. The lowest BCUT2D eigenvalue weighted by atomic mass is 10.2. The average Bonchev–Trinajstić information content (AvgIpc) is 2.53. The van der Waals surface area contributed by atoms with Crippen LogP contribution in [0.2, 0.25) is 5.02 Å². The van der Waals surface area contributed by atoms with Gasteiger partial charge in [-0.05, 0) is 24.4 Å². The Kier molecular flexibility index (Phi) is 2.45. The summed E-state index contributed by atoms with van der Waals surface area (Å²) in [6, 6.07) is 4.39. The maximum absolute atomic E-state index is 13.2. The quantitative estimate of drug-likeness (QED) is 0.597. The van der Waals surface area contributed by atoms with Crippen molar-refractivity contribution in [2.45, 2.75) is 0 Å². The number of benzene rings is 1. The van der Waals surface area contributed by atoms with Crippen LogP contribution in [0.4, 0.5) is 4.39 Å². The number of nitrogens with two attached hydrogens (primary N) is 1. The van der Waals surface area contributed by atoms with Gasteiger partial charge in [-0.25, -0.2) is 14.2 Å². The number of nitrogens with one attached hydrogen (secondary N) is 1. The molecule has 0 aliphatic rings. The summed E-state index contributed by atoms with van der Waals surface area (Å²) in [5, 5.41) is 6.32. The number of hydrogen-bond donors (Lipinski definition) is 2. The van der Waals surface area contributed by atoms with Crippen LogP contribution < -0.4 is 5.84 Å². The third-order valence-corrected chi connectivity index (χ3v) is 2.57. The van der Waals surface area contributed by atoms with Crippen LogP contribution in [0.3, 0.4) is 0 Å². The predicted molar refractivity (Wildman–Crippen MR) is 58.0 cm³/mol. The van der Waals surface area contributed by atoms with E-state index < -0.39 is 5.82 Å². The normalized spacial score (nSPS) is 10.5. The SMILES string of the molecule is Nn1c(-c2cccc(F)c2Cl)n[nH]c1=S. The Morgan fingerprint density at radius 1 is 1.53 bits per heavy atom. The van der Waals surface area contributed by atoms with Crippen molar-refractivity contribution in [3.8, 4) is 11.4 Å². The molecule has 15 heavy (non-hydrogen) atoms. The number of hydrogen-bond acceptors (Lipinski definition) is 3. The molecule has 1 heterocycles. The Balaban J connectivity index is 2.69. The van der Waals surface area contributed by atoms with Gasteiger partial charge in [0.25, 0.3) is 0 Å². The first kappa shape index (κ1) is 10.1. The highest BCUT2D eigenvalue weighted by molar-refractivity contribution is 7.71. The van der Waals surface area contributed by atoms with E-state index in [4.69, 9.17) is 29.7 Å². The summed E-state index contributed by atoms with van der Waals surface area (Å²) in [7, 11) is 0. The van der Waals surface area contributed by atoms with Crippen LogP contribution in [0, 0.1) is 10.6 Å². The standard InChI is InChI=1S/C8H6ClFN4S/c9-6-4(2-1-3-5(6)10)7-12-13-8(15)14(7)11/h1-3H,11H2,(H,13,15). The zero-order valence-electron chi connectivity index (χ0n) is 7.37. The number of rotatable bonds is 1. The monoisotopic (exact) mass is 244 g/mol. The van der Waals surface area contributed by atoms with Crippen molar-refractivity contribution in [2.24, 2.45) is 0 Å². The predicted octanol–water partition coefficient (Wildman–Crippen LogP) is 2.11. The third-order valence-electron chi connectivity index (χ3n) is 1.90. The van der Waals surface area contributed by atoms with E-state index in [-0.39, 0.29) is 9.79 Å². The van der Waals surface area contributed by atoms with Gasteiger partial charge in [-0.1, -0.05) is 17.7 Å². The summed E-state index contributed by atoms with van der Waals surface area (Å²) >= 11 is 10.6. The van der Waals surface area contributed by atoms with Crippen molar-refractivity contribution >= 4 is 23.8 Å². The van der Waals surface area contributed by atoms with E-state index in [1.165, 1.54) is 12.1 Å². The van der Waals surface area contributed by atoms with Crippen LogP contribution in [-0.2, 0) is 0 Å². The number of H-pyrrole nitrogens is 1. The average molecular weight is 245 g/mol. The van der Waals surface area contributed by atoms with E-state index in [1.54, 1.807) is 6.07 Å². The van der Waals surface area contributed by atoms with E-state index in [9.17, 15) is 4.39 Å². The molecular formula is C8H6ClFN4S. The Labute approximate surface area is 94.5 Å². The Morgan fingerprint density at radius 3 is 2.87 bits per heavy atom. The molecule has 0 radical (unpaired) electrons. The minimum absolute atomic E-state index is 0.0294. The fraction of sp³-hybridized carbons (Fsp3) is 0. The smallest absolute Gasteiger partial charge is 0.214 e. The summed E-state index contributed by atoms with van der Waals surface area (Å²) < 4.78 is 14.5. The molecule has 0 spiro atoms. The molecule has 1 aromatic heterocycles. The third kappa shape index (κ3) is 1.62. The van der Waals surface area contributed by atoms with Crippen molar-refractivity contribution in [1.82, 2.24) is 14.9 Å². The number of aromatic nitrogens is 3. The number of aromatic amines is 1. The number of nitrogens with zero attached hydrogens (tertiary/aromatic N) is 2. The summed E-state index contributed by atoms with van der Waals surface area (Å²) in [5.41, 5.74) is 0.395. The van der Waals surface area contributed by atoms with Crippen molar-refractivity contribution in [1.29, 1.82) is 0 Å². The van der Waals surface area contributed by atoms with Crippen LogP contribution >= 0.6 is 23.8 Å². The lowest BCUT2D eigenvalue weighted by Crippen LogP contribution is -2.10. The molecular weight excluding hydrogens is 239 g/mol. The highest BCUT2D eigenvalue weighted by atomic mass is 35.5. The van der Waals surface area contributed by atoms with Crippen LogP contribution in [0.25, 0.3) is 11.4 Å². The second-order valence-corrected chi connectivity index (χ2v) is 3.59. The van der Waals surface area contributed by atoms with Gasteiger partial charge in [0, 0.05) is 5.56 Å². The molecule has 0 bridgehead atoms. The van der Waals surface area contributed by atoms with Crippen molar-refractivity contribution in [3.05, 3.63) is 33.8 Å². The molecule has 78 valence electrons. The largest absolute Gasteiger partial charge is 0.335 e. The minimum atomic E-state index is -0.525. The highest BCUT2D eigenvalue weighted by Gasteiger charge is 2.12. The fourth-order valence-electron chi connectivity index (χ4n) is 1.17. The van der Waals surface area contributed by atoms with Gasteiger partial charge in [0.1, 0.15) is 5.82 Å². The van der Waals surface area contributed by atoms with Crippen LogP contribution in [0.1, 0.15) is 0 Å². The van der Waals surface area contributed by atoms with Gasteiger partial charge in [-0.3, -0.25) is 0 Å². The minimum Gasteiger partial charge on any atom is -0.335 e. The number of nitrogen functional groups attached to an aromatic ring is 1. The molecule has 1 aromatic carbocycles. The molecule has 0 saturated carbocycles. The Morgan fingerprint density at radius 2 is 2.27 bits per heavy atom. The van der Waals surface area contributed by atoms with E-state index in [1.807, 2.05) is 0 Å². The Bertz CT molecular complexity index is 562. The molecule has 0 unspecified atom stereocenters. The van der Waals surface area contributed by atoms with Crippen LogP contribution in [0.5, 0.6) is 0 Å². The first-order chi connectivity index (χ1) is 7.11. The lowest BCUT2D eigenvalue weighted by molar-refractivity contribution is 0.628. The molecule has 3 N–H and O–H groups in total. The summed E-state index contributed by atoms with van der Waals surface area (Å²) in [5.74, 6) is 5.36. The number of halogens is 2. The lowest BCUT2D eigenvalue weighted by Gasteiger charge is -2.03. The molecule has 7 heteroatoms. The summed E-state index contributed by atoms with van der Waals surface area (Å²) in [6.45, 7) is 0. The second kappa shape index (κ2) is 3.63. The molecule has 2 rings (SSSR count). The van der Waals surface area contributed by atoms with E-state index >= 15 is 0 Å². The maximum Gasteiger partial charge on any atom is 0.214 e. The van der Waals surface area contributed by atoms with Crippen molar-refractivity contribution in [2.75, 3.05) is 5.84 Å². The van der Waals surface area contributed by atoms with Gasteiger partial charge in [0.15, 0.2) is 5.82 Å². The molecule has 0 atom stereocenters. The topological polar surface area (TPSA) is 59.6 Å². The first-order valence-electron chi connectivity index (χ1n) is 3.98. The highest BCUT2D eigenvalue weighted by Crippen LogP contribution is 2.27. The molecule has 0 aliphatic carbocycles. The maximum atomic E-state index is 13.2. The molecule has 0 fully saturated rings. The van der Waals surface area contributed by atoms with Gasteiger partial charge in [0.05, 0.1) is 5.02 Å². The van der Waals surface area contributed by atoms with Crippen LogP contribution in [-0.4, -0.2) is 14.9 Å².